The number of alkyl halides is 1. The van der Waals surface area contributed by atoms with E-state index in [2.05, 4.69) is 15.9 Å². The predicted octanol–water partition coefficient (Wildman–Crippen LogP) is 2.73. The molecule has 0 aliphatic heterocycles. The van der Waals surface area contributed by atoms with Gasteiger partial charge in [0.05, 0.1) is 4.83 Å². The molecule has 4 heteroatoms. The molecule has 0 aliphatic rings. The molecule has 0 saturated carbocycles. The third kappa shape index (κ3) is 3.50. The van der Waals surface area contributed by atoms with Crippen LogP contribution in [-0.2, 0) is 11.2 Å². The Hall–Kier alpha value is -0.540. The van der Waals surface area contributed by atoms with Gasteiger partial charge in [0.15, 0.2) is 0 Å². The Bertz CT molecular complexity index is 354. The van der Waals surface area contributed by atoms with Gasteiger partial charge in [-0.1, -0.05) is 45.7 Å². The second-order valence-electron chi connectivity index (χ2n) is 3.50. The first-order valence-corrected chi connectivity index (χ1v) is 5.90. The first kappa shape index (κ1) is 12.5. The molecule has 2 nitrogen and oxygen atoms in total. The molecular formula is C11H13BrClNO. The predicted molar refractivity (Wildman–Crippen MR) is 66.6 cm³/mol. The smallest absolute Gasteiger partial charge is 0.236 e. The number of hydrogen-bond donors (Lipinski definition) is 0. The minimum absolute atomic E-state index is 0.0509. The highest BCUT2D eigenvalue weighted by atomic mass is 79.9. The summed E-state index contributed by atoms with van der Waals surface area (Å²) in [7, 11) is 3.48. The van der Waals surface area contributed by atoms with Crippen molar-refractivity contribution in [3.05, 3.63) is 34.9 Å². The first-order valence-electron chi connectivity index (χ1n) is 4.61. The van der Waals surface area contributed by atoms with E-state index in [9.17, 15) is 4.79 Å². The van der Waals surface area contributed by atoms with Crippen molar-refractivity contribution in [1.29, 1.82) is 0 Å². The van der Waals surface area contributed by atoms with Crippen LogP contribution in [0.25, 0.3) is 0 Å². The molecule has 0 bridgehead atoms. The lowest BCUT2D eigenvalue weighted by atomic mass is 10.1. The van der Waals surface area contributed by atoms with Crippen molar-refractivity contribution in [1.82, 2.24) is 4.90 Å². The molecule has 1 amide bonds. The Morgan fingerprint density at radius 2 is 2.07 bits per heavy atom. The number of nitrogens with zero attached hydrogens (tertiary/aromatic N) is 1. The summed E-state index contributed by atoms with van der Waals surface area (Å²) in [4.78, 5) is 12.9. The molecule has 0 aromatic heterocycles. The molecule has 0 heterocycles. The fourth-order valence-electron chi connectivity index (χ4n) is 1.22. The van der Waals surface area contributed by atoms with Crippen molar-refractivity contribution >= 4 is 33.4 Å². The van der Waals surface area contributed by atoms with Gasteiger partial charge >= 0.3 is 0 Å². The van der Waals surface area contributed by atoms with Crippen LogP contribution in [0.4, 0.5) is 0 Å². The molecule has 0 spiro atoms. The lowest BCUT2D eigenvalue weighted by Gasteiger charge is -2.15. The highest BCUT2D eigenvalue weighted by molar-refractivity contribution is 9.10. The van der Waals surface area contributed by atoms with Crippen LogP contribution in [0.15, 0.2) is 24.3 Å². The van der Waals surface area contributed by atoms with Gasteiger partial charge in [0.25, 0.3) is 0 Å². The zero-order valence-electron chi connectivity index (χ0n) is 8.71. The fraction of sp³-hybridized carbons (Fsp3) is 0.364. The Morgan fingerprint density at radius 3 is 2.60 bits per heavy atom. The molecule has 82 valence electrons. The average Bonchev–Trinajstić information content (AvgIpc) is 2.20. The number of rotatable bonds is 3. The van der Waals surface area contributed by atoms with Gasteiger partial charge in [-0.3, -0.25) is 4.79 Å². The maximum absolute atomic E-state index is 11.6. The summed E-state index contributed by atoms with van der Waals surface area (Å²) in [5, 5.41) is 0.702. The number of amides is 1. The summed E-state index contributed by atoms with van der Waals surface area (Å²) in [5.41, 5.74) is 0.983. The summed E-state index contributed by atoms with van der Waals surface area (Å²) >= 11 is 9.37. The van der Waals surface area contributed by atoms with E-state index in [1.165, 1.54) is 0 Å². The third-order valence-corrected chi connectivity index (χ3v) is 3.15. The standard InChI is InChI=1S/C11H13BrClNO/c1-14(2)11(15)9(12)7-8-5-3-4-6-10(8)13/h3-6,9H,7H2,1-2H3. The average molecular weight is 291 g/mol. The van der Waals surface area contributed by atoms with E-state index in [1.807, 2.05) is 24.3 Å². The quantitative estimate of drug-likeness (QED) is 0.784. The maximum Gasteiger partial charge on any atom is 0.236 e. The number of benzene rings is 1. The van der Waals surface area contributed by atoms with Crippen LogP contribution in [-0.4, -0.2) is 29.7 Å². The molecule has 0 saturated heterocycles. The molecule has 0 aliphatic carbocycles. The normalized spacial score (nSPS) is 12.3. The van der Waals surface area contributed by atoms with Crippen LogP contribution in [0, 0.1) is 0 Å². The van der Waals surface area contributed by atoms with Gasteiger partial charge in [-0.15, -0.1) is 0 Å². The van der Waals surface area contributed by atoms with Crippen LogP contribution in [0.5, 0.6) is 0 Å². The van der Waals surface area contributed by atoms with E-state index < -0.39 is 0 Å². The monoisotopic (exact) mass is 289 g/mol. The minimum Gasteiger partial charge on any atom is -0.348 e. The van der Waals surface area contributed by atoms with Crippen molar-refractivity contribution in [3.8, 4) is 0 Å². The Kier molecular flexibility index (Phi) is 4.61. The van der Waals surface area contributed by atoms with E-state index in [4.69, 9.17) is 11.6 Å². The summed E-state index contributed by atoms with van der Waals surface area (Å²) in [6.07, 6.45) is 0.608. The molecule has 1 aromatic rings. The lowest BCUT2D eigenvalue weighted by molar-refractivity contribution is -0.127. The van der Waals surface area contributed by atoms with Crippen LogP contribution in [0.3, 0.4) is 0 Å². The van der Waals surface area contributed by atoms with E-state index in [0.29, 0.717) is 11.4 Å². The van der Waals surface area contributed by atoms with Crippen molar-refractivity contribution < 1.29 is 4.79 Å². The summed E-state index contributed by atoms with van der Waals surface area (Å²) in [5.74, 6) is 0.0509. The molecule has 1 unspecified atom stereocenters. The summed E-state index contributed by atoms with van der Waals surface area (Å²) in [6.45, 7) is 0. The molecule has 15 heavy (non-hydrogen) atoms. The van der Waals surface area contributed by atoms with Gasteiger partial charge < -0.3 is 4.90 Å². The highest BCUT2D eigenvalue weighted by Gasteiger charge is 2.17. The molecule has 1 rings (SSSR count). The number of halogens is 2. The number of hydrogen-bond acceptors (Lipinski definition) is 1. The zero-order valence-corrected chi connectivity index (χ0v) is 11.0. The Labute approximate surface area is 103 Å². The topological polar surface area (TPSA) is 20.3 Å². The summed E-state index contributed by atoms with van der Waals surface area (Å²) < 4.78 is 0. The van der Waals surface area contributed by atoms with Gasteiger partial charge in [0.2, 0.25) is 5.91 Å². The first-order chi connectivity index (χ1) is 7.02. The second kappa shape index (κ2) is 5.52. The molecule has 1 atom stereocenters. The minimum atomic E-state index is -0.215. The fourth-order valence-corrected chi connectivity index (χ4v) is 2.20. The van der Waals surface area contributed by atoms with Gasteiger partial charge in [-0.2, -0.15) is 0 Å². The van der Waals surface area contributed by atoms with Crippen molar-refractivity contribution in [2.24, 2.45) is 0 Å². The molecule has 1 aromatic carbocycles. The largest absolute Gasteiger partial charge is 0.348 e. The van der Waals surface area contributed by atoms with Crippen molar-refractivity contribution in [2.75, 3.05) is 14.1 Å². The lowest BCUT2D eigenvalue weighted by Crippen LogP contribution is -2.31. The Balaban J connectivity index is 2.71. The van der Waals surface area contributed by atoms with Crippen molar-refractivity contribution in [3.63, 3.8) is 0 Å². The van der Waals surface area contributed by atoms with Gasteiger partial charge in [-0.25, -0.2) is 0 Å². The zero-order chi connectivity index (χ0) is 11.4. The molecule has 0 radical (unpaired) electrons. The van der Waals surface area contributed by atoms with Gasteiger partial charge in [0.1, 0.15) is 0 Å². The van der Waals surface area contributed by atoms with E-state index in [0.717, 1.165) is 5.56 Å². The second-order valence-corrected chi connectivity index (χ2v) is 5.01. The highest BCUT2D eigenvalue weighted by Crippen LogP contribution is 2.19. The molecule has 0 fully saturated rings. The van der Waals surface area contributed by atoms with Gasteiger partial charge in [-0.05, 0) is 18.1 Å². The number of carbonyl (C=O) groups excluding carboxylic acids is 1. The maximum atomic E-state index is 11.6. The van der Waals surface area contributed by atoms with Gasteiger partial charge in [0, 0.05) is 19.1 Å². The van der Waals surface area contributed by atoms with E-state index in [-0.39, 0.29) is 10.7 Å². The van der Waals surface area contributed by atoms with Crippen LogP contribution in [0.2, 0.25) is 5.02 Å². The Morgan fingerprint density at radius 1 is 1.47 bits per heavy atom. The third-order valence-electron chi connectivity index (χ3n) is 2.07. The number of carbonyl (C=O) groups is 1. The van der Waals surface area contributed by atoms with Crippen LogP contribution in [0.1, 0.15) is 5.56 Å². The van der Waals surface area contributed by atoms with E-state index >= 15 is 0 Å². The molecule has 0 N–H and O–H groups in total. The SMILES string of the molecule is CN(C)C(=O)C(Br)Cc1ccccc1Cl. The van der Waals surface area contributed by atoms with Crippen molar-refractivity contribution in [2.45, 2.75) is 11.2 Å². The molecular weight excluding hydrogens is 277 g/mol. The van der Waals surface area contributed by atoms with Crippen LogP contribution >= 0.6 is 27.5 Å². The van der Waals surface area contributed by atoms with E-state index in [1.54, 1.807) is 19.0 Å². The summed E-state index contributed by atoms with van der Waals surface area (Å²) in [6, 6.07) is 7.56. The van der Waals surface area contributed by atoms with Crippen LogP contribution < -0.4 is 0 Å².